The van der Waals surface area contributed by atoms with E-state index in [9.17, 15) is 4.79 Å². The van der Waals surface area contributed by atoms with Gasteiger partial charge in [0.2, 0.25) is 0 Å². The molecule has 1 amide bonds. The predicted molar refractivity (Wildman–Crippen MR) is 103 cm³/mol. The number of aromatic nitrogens is 1. The molecule has 0 spiro atoms. The van der Waals surface area contributed by atoms with Crippen LogP contribution in [0.5, 0.6) is 0 Å². The molecule has 3 aromatic rings. The lowest BCUT2D eigenvalue weighted by Crippen LogP contribution is -2.34. The van der Waals surface area contributed by atoms with Gasteiger partial charge in [-0.25, -0.2) is 0 Å². The number of para-hydroxylation sites is 1. The summed E-state index contributed by atoms with van der Waals surface area (Å²) in [5.74, 6) is -0.137. The fourth-order valence-corrected chi connectivity index (χ4v) is 3.20. The molecule has 0 bridgehead atoms. The summed E-state index contributed by atoms with van der Waals surface area (Å²) in [4.78, 5) is 14.6. The van der Waals surface area contributed by atoms with Crippen LogP contribution >= 0.6 is 0 Å². The number of carbonyl (C=O) groups is 1. The summed E-state index contributed by atoms with van der Waals surface area (Å²) in [7, 11) is 6.06. The van der Waals surface area contributed by atoms with E-state index in [-0.39, 0.29) is 11.9 Å². The van der Waals surface area contributed by atoms with Gasteiger partial charge in [0.05, 0.1) is 17.7 Å². The highest BCUT2D eigenvalue weighted by atomic mass is 16.1. The third-order valence-electron chi connectivity index (χ3n) is 4.64. The van der Waals surface area contributed by atoms with Gasteiger partial charge in [0.15, 0.2) is 0 Å². The number of amides is 1. The number of hydrogen-bond donors (Lipinski definition) is 1. The molecule has 132 valence electrons. The first-order valence-corrected chi connectivity index (χ1v) is 8.50. The van der Waals surface area contributed by atoms with Crippen molar-refractivity contribution in [1.29, 1.82) is 5.26 Å². The van der Waals surface area contributed by atoms with Crippen LogP contribution in [0.2, 0.25) is 0 Å². The fraction of sp³-hybridized carbons (Fsp3) is 0.238. The van der Waals surface area contributed by atoms with E-state index in [1.54, 1.807) is 24.3 Å². The highest BCUT2D eigenvalue weighted by Gasteiger charge is 2.20. The van der Waals surface area contributed by atoms with Gasteiger partial charge in [0.1, 0.15) is 0 Å². The van der Waals surface area contributed by atoms with Crippen LogP contribution in [0.3, 0.4) is 0 Å². The van der Waals surface area contributed by atoms with Gasteiger partial charge in [-0.15, -0.1) is 0 Å². The summed E-state index contributed by atoms with van der Waals surface area (Å²) in [6.07, 6.45) is 2.13. The summed E-state index contributed by atoms with van der Waals surface area (Å²) < 4.78 is 2.11. The Balaban J connectivity index is 1.80. The highest BCUT2D eigenvalue weighted by Crippen LogP contribution is 2.28. The van der Waals surface area contributed by atoms with Gasteiger partial charge in [-0.1, -0.05) is 18.2 Å². The number of nitriles is 1. The van der Waals surface area contributed by atoms with E-state index in [1.165, 1.54) is 16.5 Å². The lowest BCUT2D eigenvalue weighted by Gasteiger charge is -2.24. The van der Waals surface area contributed by atoms with E-state index in [0.717, 1.165) is 0 Å². The summed E-state index contributed by atoms with van der Waals surface area (Å²) >= 11 is 0. The number of benzene rings is 2. The lowest BCUT2D eigenvalue weighted by atomic mass is 10.0. The Bertz CT molecular complexity index is 964. The topological polar surface area (TPSA) is 61.1 Å². The number of carbonyl (C=O) groups excluding carboxylic acids is 1. The molecule has 3 rings (SSSR count). The van der Waals surface area contributed by atoms with Gasteiger partial charge in [-0.2, -0.15) is 5.26 Å². The summed E-state index contributed by atoms with van der Waals surface area (Å²) in [6.45, 7) is 0.500. The molecule has 0 saturated carbocycles. The molecular weight excluding hydrogens is 324 g/mol. The van der Waals surface area contributed by atoms with Gasteiger partial charge in [-0.05, 0) is 50.0 Å². The van der Waals surface area contributed by atoms with E-state index in [0.29, 0.717) is 17.7 Å². The van der Waals surface area contributed by atoms with Gasteiger partial charge >= 0.3 is 0 Å². The second-order valence-corrected chi connectivity index (χ2v) is 6.59. The van der Waals surface area contributed by atoms with Crippen LogP contribution in [-0.2, 0) is 7.05 Å². The zero-order chi connectivity index (χ0) is 18.7. The average molecular weight is 346 g/mol. The van der Waals surface area contributed by atoms with Crippen LogP contribution in [-0.4, -0.2) is 36.0 Å². The molecular formula is C21H22N4O. The maximum absolute atomic E-state index is 12.5. The normalized spacial score (nSPS) is 12.1. The Morgan fingerprint density at radius 3 is 2.54 bits per heavy atom. The molecule has 1 unspecified atom stereocenters. The minimum absolute atomic E-state index is 0.0587. The van der Waals surface area contributed by atoms with Gasteiger partial charge < -0.3 is 14.8 Å². The van der Waals surface area contributed by atoms with Crippen LogP contribution in [0.25, 0.3) is 10.9 Å². The van der Waals surface area contributed by atoms with E-state index in [1.807, 2.05) is 33.3 Å². The van der Waals surface area contributed by atoms with Crippen molar-refractivity contribution in [2.75, 3.05) is 20.6 Å². The minimum atomic E-state index is -0.137. The SMILES string of the molecule is CN(C)C(CNC(=O)c1ccc(C#N)cc1)c1cn(C)c2ccccc12. The monoisotopic (exact) mass is 346 g/mol. The maximum atomic E-state index is 12.5. The molecule has 26 heavy (non-hydrogen) atoms. The second kappa shape index (κ2) is 7.42. The van der Waals surface area contributed by atoms with Crippen molar-refractivity contribution < 1.29 is 4.79 Å². The van der Waals surface area contributed by atoms with Crippen molar-refractivity contribution in [3.63, 3.8) is 0 Å². The van der Waals surface area contributed by atoms with E-state index in [4.69, 9.17) is 5.26 Å². The van der Waals surface area contributed by atoms with Crippen molar-refractivity contribution in [3.05, 3.63) is 71.4 Å². The molecule has 1 aromatic heterocycles. The molecule has 5 nitrogen and oxygen atoms in total. The van der Waals surface area contributed by atoms with Crippen molar-refractivity contribution >= 4 is 16.8 Å². The van der Waals surface area contributed by atoms with Crippen LogP contribution in [0.15, 0.2) is 54.7 Å². The van der Waals surface area contributed by atoms with Gasteiger partial charge in [-0.3, -0.25) is 4.79 Å². The third kappa shape index (κ3) is 3.46. The first-order chi connectivity index (χ1) is 12.5. The van der Waals surface area contributed by atoms with E-state index < -0.39 is 0 Å². The van der Waals surface area contributed by atoms with Crippen LogP contribution in [0, 0.1) is 11.3 Å². The summed E-state index contributed by atoms with van der Waals surface area (Å²) in [5.41, 5.74) is 3.46. The lowest BCUT2D eigenvalue weighted by molar-refractivity contribution is 0.0942. The van der Waals surface area contributed by atoms with Crippen LogP contribution in [0.1, 0.15) is 27.5 Å². The quantitative estimate of drug-likeness (QED) is 0.772. The Kier molecular flexibility index (Phi) is 5.06. The Morgan fingerprint density at radius 2 is 1.88 bits per heavy atom. The van der Waals surface area contributed by atoms with Crippen molar-refractivity contribution in [2.24, 2.45) is 7.05 Å². The molecule has 2 aromatic carbocycles. The van der Waals surface area contributed by atoms with E-state index >= 15 is 0 Å². The number of nitrogens with zero attached hydrogens (tertiary/aromatic N) is 3. The summed E-state index contributed by atoms with van der Waals surface area (Å²) in [5, 5.41) is 13.1. The maximum Gasteiger partial charge on any atom is 0.251 e. The number of likely N-dealkylation sites (N-methyl/N-ethyl adjacent to an activating group) is 1. The predicted octanol–water partition coefficient (Wildman–Crippen LogP) is 3.08. The van der Waals surface area contributed by atoms with Crippen molar-refractivity contribution in [3.8, 4) is 6.07 Å². The van der Waals surface area contributed by atoms with Crippen molar-refractivity contribution in [1.82, 2.24) is 14.8 Å². The Hall–Kier alpha value is -3.10. The largest absolute Gasteiger partial charge is 0.350 e. The first kappa shape index (κ1) is 17.7. The fourth-order valence-electron chi connectivity index (χ4n) is 3.20. The van der Waals surface area contributed by atoms with Crippen molar-refractivity contribution in [2.45, 2.75) is 6.04 Å². The number of nitrogens with one attached hydrogen (secondary N) is 1. The number of hydrogen-bond acceptors (Lipinski definition) is 3. The smallest absolute Gasteiger partial charge is 0.251 e. The third-order valence-corrected chi connectivity index (χ3v) is 4.64. The second-order valence-electron chi connectivity index (χ2n) is 6.59. The molecule has 1 atom stereocenters. The zero-order valence-corrected chi connectivity index (χ0v) is 15.2. The number of aryl methyl sites for hydroxylation is 1. The molecule has 0 aliphatic heterocycles. The van der Waals surface area contributed by atoms with Gasteiger partial charge in [0.25, 0.3) is 5.91 Å². The molecule has 5 heteroatoms. The Labute approximate surface area is 153 Å². The zero-order valence-electron chi connectivity index (χ0n) is 15.2. The summed E-state index contributed by atoms with van der Waals surface area (Å²) in [6, 6.07) is 17.1. The first-order valence-electron chi connectivity index (χ1n) is 8.50. The standard InChI is InChI=1S/C21H22N4O/c1-24(2)20(18-14-25(3)19-7-5-4-6-17(18)19)13-23-21(26)16-10-8-15(12-22)9-11-16/h4-11,14,20H,13H2,1-3H3,(H,23,26). The average Bonchev–Trinajstić information content (AvgIpc) is 2.98. The molecule has 1 N–H and O–H groups in total. The minimum Gasteiger partial charge on any atom is -0.350 e. The molecule has 0 saturated heterocycles. The Morgan fingerprint density at radius 1 is 1.19 bits per heavy atom. The molecule has 1 heterocycles. The van der Waals surface area contributed by atoms with Gasteiger partial charge in [0, 0.05) is 36.3 Å². The van der Waals surface area contributed by atoms with Crippen LogP contribution in [0.4, 0.5) is 0 Å². The molecule has 0 fully saturated rings. The van der Waals surface area contributed by atoms with Crippen LogP contribution < -0.4 is 5.32 Å². The van der Waals surface area contributed by atoms with E-state index in [2.05, 4.69) is 39.2 Å². The number of rotatable bonds is 5. The molecule has 0 aliphatic rings. The number of fused-ring (bicyclic) bond motifs is 1. The molecule has 0 aliphatic carbocycles. The highest BCUT2D eigenvalue weighted by molar-refractivity contribution is 5.94. The molecule has 0 radical (unpaired) electrons.